The lowest BCUT2D eigenvalue weighted by atomic mass is 10.1. The van der Waals surface area contributed by atoms with E-state index in [-0.39, 0.29) is 0 Å². The Morgan fingerprint density at radius 1 is 1.28 bits per heavy atom. The zero-order valence-electron chi connectivity index (χ0n) is 10.9. The third-order valence-corrected chi connectivity index (χ3v) is 2.95. The number of nitrogens with two attached hydrogens (primary N) is 1. The summed E-state index contributed by atoms with van der Waals surface area (Å²) in [5.41, 5.74) is 9.04. The number of aryl methyl sites for hydroxylation is 2. The number of hydrogen-bond acceptors (Lipinski definition) is 3. The summed E-state index contributed by atoms with van der Waals surface area (Å²) in [5.74, 6) is 1.70. The Bertz CT molecular complexity index is 520. The van der Waals surface area contributed by atoms with E-state index in [0.717, 1.165) is 23.7 Å². The molecule has 0 amide bonds. The number of aromatic amines is 1. The summed E-state index contributed by atoms with van der Waals surface area (Å²) in [6.45, 7) is 5.24. The molecule has 0 aliphatic carbocycles. The summed E-state index contributed by atoms with van der Waals surface area (Å²) in [7, 11) is 0. The second kappa shape index (κ2) is 5.69. The maximum atomic E-state index is 5.69. The van der Waals surface area contributed by atoms with Gasteiger partial charge in [-0.3, -0.25) is 0 Å². The van der Waals surface area contributed by atoms with E-state index in [9.17, 15) is 0 Å². The lowest BCUT2D eigenvalue weighted by Gasteiger charge is -2.06. The molecule has 0 saturated heterocycles. The minimum atomic E-state index is 0.451. The minimum absolute atomic E-state index is 0.451. The molecule has 1 aromatic heterocycles. The first-order valence-corrected chi connectivity index (χ1v) is 6.12. The molecule has 1 heterocycles. The van der Waals surface area contributed by atoms with Crippen molar-refractivity contribution in [2.75, 3.05) is 6.54 Å². The van der Waals surface area contributed by atoms with Crippen LogP contribution in [-0.2, 0) is 13.0 Å². The van der Waals surface area contributed by atoms with Crippen LogP contribution >= 0.6 is 0 Å². The molecule has 0 fully saturated rings. The van der Waals surface area contributed by atoms with Gasteiger partial charge in [-0.1, -0.05) is 6.07 Å². The van der Waals surface area contributed by atoms with E-state index in [1.807, 2.05) is 18.3 Å². The van der Waals surface area contributed by atoms with Crippen LogP contribution in [0, 0.1) is 13.8 Å². The number of rotatable bonds is 5. The number of nitrogens with zero attached hydrogens (tertiary/aromatic N) is 1. The van der Waals surface area contributed by atoms with E-state index in [4.69, 9.17) is 10.5 Å². The molecule has 0 spiro atoms. The Kier molecular flexibility index (Phi) is 3.99. The highest BCUT2D eigenvalue weighted by molar-refractivity contribution is 5.33. The molecule has 2 aromatic rings. The number of nitrogens with one attached hydrogen (secondary N) is 1. The first kappa shape index (κ1) is 12.6. The first-order chi connectivity index (χ1) is 8.69. The van der Waals surface area contributed by atoms with Crippen LogP contribution in [0.4, 0.5) is 0 Å². The van der Waals surface area contributed by atoms with Gasteiger partial charge in [0.05, 0.1) is 0 Å². The van der Waals surface area contributed by atoms with Crippen LogP contribution in [-0.4, -0.2) is 16.5 Å². The standard InChI is InChI=1S/C14H19N3O/c1-10-3-4-13(7-11(10)2)18-9-14-16-8-12(17-14)5-6-15/h3-4,7-8H,5-6,9,15H2,1-2H3,(H,16,17). The van der Waals surface area contributed by atoms with E-state index in [2.05, 4.69) is 29.9 Å². The molecular weight excluding hydrogens is 226 g/mol. The van der Waals surface area contributed by atoms with Gasteiger partial charge in [0.15, 0.2) is 0 Å². The van der Waals surface area contributed by atoms with Gasteiger partial charge < -0.3 is 15.5 Å². The Morgan fingerprint density at radius 3 is 2.83 bits per heavy atom. The third kappa shape index (κ3) is 3.11. The van der Waals surface area contributed by atoms with Gasteiger partial charge in [0.25, 0.3) is 0 Å². The van der Waals surface area contributed by atoms with Gasteiger partial charge in [-0.05, 0) is 43.7 Å². The van der Waals surface area contributed by atoms with Crippen LogP contribution in [0.3, 0.4) is 0 Å². The van der Waals surface area contributed by atoms with Crippen molar-refractivity contribution in [3.05, 3.63) is 47.0 Å². The summed E-state index contributed by atoms with van der Waals surface area (Å²) >= 11 is 0. The van der Waals surface area contributed by atoms with Gasteiger partial charge in [0.1, 0.15) is 18.2 Å². The molecule has 2 rings (SSSR count). The fraction of sp³-hybridized carbons (Fsp3) is 0.357. The Labute approximate surface area is 107 Å². The molecule has 0 atom stereocenters. The van der Waals surface area contributed by atoms with E-state index in [1.165, 1.54) is 11.1 Å². The molecular formula is C14H19N3O. The summed E-state index contributed by atoms with van der Waals surface area (Å²) in [6, 6.07) is 6.08. The monoisotopic (exact) mass is 245 g/mol. The number of benzene rings is 1. The number of imidazole rings is 1. The van der Waals surface area contributed by atoms with E-state index >= 15 is 0 Å². The summed E-state index contributed by atoms with van der Waals surface area (Å²) in [5, 5.41) is 0. The van der Waals surface area contributed by atoms with Crippen molar-refractivity contribution >= 4 is 0 Å². The SMILES string of the molecule is Cc1ccc(OCc2ncc(CCN)[nH]2)cc1C. The van der Waals surface area contributed by atoms with Crippen LogP contribution in [0.5, 0.6) is 5.75 Å². The molecule has 4 heteroatoms. The van der Waals surface area contributed by atoms with Gasteiger partial charge in [-0.25, -0.2) is 4.98 Å². The summed E-state index contributed by atoms with van der Waals surface area (Å²) in [6.07, 6.45) is 2.63. The van der Waals surface area contributed by atoms with Crippen molar-refractivity contribution in [2.45, 2.75) is 26.9 Å². The van der Waals surface area contributed by atoms with Crippen molar-refractivity contribution < 1.29 is 4.74 Å². The van der Waals surface area contributed by atoms with Crippen LogP contribution in [0.2, 0.25) is 0 Å². The van der Waals surface area contributed by atoms with Crippen LogP contribution < -0.4 is 10.5 Å². The highest BCUT2D eigenvalue weighted by Crippen LogP contribution is 2.17. The van der Waals surface area contributed by atoms with Crippen molar-refractivity contribution in [3.8, 4) is 5.75 Å². The van der Waals surface area contributed by atoms with Gasteiger partial charge in [-0.2, -0.15) is 0 Å². The van der Waals surface area contributed by atoms with Crippen molar-refractivity contribution in [1.29, 1.82) is 0 Å². The van der Waals surface area contributed by atoms with Crippen LogP contribution in [0.1, 0.15) is 22.6 Å². The Balaban J connectivity index is 1.95. The highest BCUT2D eigenvalue weighted by atomic mass is 16.5. The summed E-state index contributed by atoms with van der Waals surface area (Å²) in [4.78, 5) is 7.45. The number of H-pyrrole nitrogens is 1. The number of aromatic nitrogens is 2. The Hall–Kier alpha value is -1.81. The topological polar surface area (TPSA) is 63.9 Å². The molecule has 3 N–H and O–H groups in total. The molecule has 0 bridgehead atoms. The van der Waals surface area contributed by atoms with Gasteiger partial charge >= 0.3 is 0 Å². The quantitative estimate of drug-likeness (QED) is 0.848. The summed E-state index contributed by atoms with van der Waals surface area (Å²) < 4.78 is 5.69. The van der Waals surface area contributed by atoms with E-state index in [1.54, 1.807) is 0 Å². The van der Waals surface area contributed by atoms with Crippen molar-refractivity contribution in [3.63, 3.8) is 0 Å². The molecule has 0 unspecified atom stereocenters. The lowest BCUT2D eigenvalue weighted by molar-refractivity contribution is 0.296. The average Bonchev–Trinajstić information content (AvgIpc) is 2.79. The van der Waals surface area contributed by atoms with Crippen LogP contribution in [0.25, 0.3) is 0 Å². The molecule has 0 aliphatic rings. The molecule has 96 valence electrons. The minimum Gasteiger partial charge on any atom is -0.486 e. The maximum Gasteiger partial charge on any atom is 0.146 e. The van der Waals surface area contributed by atoms with Gasteiger partial charge in [0.2, 0.25) is 0 Å². The van der Waals surface area contributed by atoms with Gasteiger partial charge in [-0.15, -0.1) is 0 Å². The van der Waals surface area contributed by atoms with Crippen molar-refractivity contribution in [2.24, 2.45) is 5.73 Å². The third-order valence-electron chi connectivity index (χ3n) is 2.95. The number of ether oxygens (including phenoxy) is 1. The molecule has 1 aromatic carbocycles. The normalized spacial score (nSPS) is 10.6. The highest BCUT2D eigenvalue weighted by Gasteiger charge is 2.02. The Morgan fingerprint density at radius 2 is 2.11 bits per heavy atom. The predicted molar refractivity (Wildman–Crippen MR) is 71.6 cm³/mol. The van der Waals surface area contributed by atoms with Gasteiger partial charge in [0, 0.05) is 18.3 Å². The largest absolute Gasteiger partial charge is 0.486 e. The average molecular weight is 245 g/mol. The molecule has 0 aliphatic heterocycles. The molecule has 0 saturated carbocycles. The molecule has 0 radical (unpaired) electrons. The van der Waals surface area contributed by atoms with E-state index < -0.39 is 0 Å². The van der Waals surface area contributed by atoms with Crippen molar-refractivity contribution in [1.82, 2.24) is 9.97 Å². The molecule has 4 nitrogen and oxygen atoms in total. The smallest absolute Gasteiger partial charge is 0.146 e. The fourth-order valence-electron chi connectivity index (χ4n) is 1.72. The molecule has 18 heavy (non-hydrogen) atoms. The zero-order chi connectivity index (χ0) is 13.0. The second-order valence-corrected chi connectivity index (χ2v) is 4.43. The first-order valence-electron chi connectivity index (χ1n) is 6.12. The zero-order valence-corrected chi connectivity index (χ0v) is 10.9. The number of hydrogen-bond donors (Lipinski definition) is 2. The fourth-order valence-corrected chi connectivity index (χ4v) is 1.72. The predicted octanol–water partition coefficient (Wildman–Crippen LogP) is 2.11. The second-order valence-electron chi connectivity index (χ2n) is 4.43. The lowest BCUT2D eigenvalue weighted by Crippen LogP contribution is -2.03. The maximum absolute atomic E-state index is 5.69. The van der Waals surface area contributed by atoms with E-state index in [0.29, 0.717) is 13.2 Å². The van der Waals surface area contributed by atoms with Crippen LogP contribution in [0.15, 0.2) is 24.4 Å².